The van der Waals surface area contributed by atoms with Gasteiger partial charge < -0.3 is 10.3 Å². The van der Waals surface area contributed by atoms with E-state index < -0.39 is 0 Å². The molecule has 0 spiro atoms. The number of aromatic nitrogens is 2. The highest BCUT2D eigenvalue weighted by Gasteiger charge is 2.19. The van der Waals surface area contributed by atoms with E-state index in [1.807, 2.05) is 0 Å². The van der Waals surface area contributed by atoms with Crippen molar-refractivity contribution in [3.63, 3.8) is 0 Å². The first-order chi connectivity index (χ1) is 7.81. The van der Waals surface area contributed by atoms with Crippen LogP contribution in [-0.2, 0) is 13.1 Å². The largest absolute Gasteiger partial charge is 0.338 e. The second-order valence-corrected chi connectivity index (χ2v) is 4.44. The zero-order valence-electron chi connectivity index (χ0n) is 10.3. The Bertz CT molecular complexity index is 323. The van der Waals surface area contributed by atoms with Crippen LogP contribution < -0.4 is 5.73 Å². The van der Waals surface area contributed by atoms with Gasteiger partial charge in [-0.05, 0) is 31.8 Å². The van der Waals surface area contributed by atoms with Gasteiger partial charge in [-0.3, -0.25) is 4.90 Å². The minimum atomic E-state index is 0. The Morgan fingerprint density at radius 3 is 2.65 bits per heavy atom. The van der Waals surface area contributed by atoms with Gasteiger partial charge in [0.2, 0.25) is 5.89 Å². The standard InChI is InChI=1S/C11H20N4O.ClH/c1-2-9-3-5-15(6-4-9)8-10-13-11(7-12)16-14-10;/h9H,2-8,12H2,1H3;1H. The first kappa shape index (κ1) is 14.4. The molecule has 6 heteroatoms. The Morgan fingerprint density at radius 1 is 1.41 bits per heavy atom. The second kappa shape index (κ2) is 6.93. The lowest BCUT2D eigenvalue weighted by Gasteiger charge is -2.30. The van der Waals surface area contributed by atoms with Crippen molar-refractivity contribution in [2.75, 3.05) is 13.1 Å². The zero-order chi connectivity index (χ0) is 11.4. The molecule has 0 amide bonds. The van der Waals surface area contributed by atoms with E-state index in [2.05, 4.69) is 22.0 Å². The molecule has 1 saturated heterocycles. The quantitative estimate of drug-likeness (QED) is 0.890. The summed E-state index contributed by atoms with van der Waals surface area (Å²) in [6.45, 7) is 5.67. The average Bonchev–Trinajstić information content (AvgIpc) is 2.78. The highest BCUT2D eigenvalue weighted by Crippen LogP contribution is 2.20. The summed E-state index contributed by atoms with van der Waals surface area (Å²) >= 11 is 0. The molecule has 0 saturated carbocycles. The number of nitrogens with zero attached hydrogens (tertiary/aromatic N) is 3. The van der Waals surface area contributed by atoms with E-state index in [4.69, 9.17) is 10.3 Å². The van der Waals surface area contributed by atoms with E-state index in [1.54, 1.807) is 0 Å². The lowest BCUT2D eigenvalue weighted by atomic mass is 9.94. The van der Waals surface area contributed by atoms with Gasteiger partial charge in [0.15, 0.2) is 5.82 Å². The minimum absolute atomic E-state index is 0. The molecule has 0 aromatic carbocycles. The number of likely N-dealkylation sites (tertiary alicyclic amines) is 1. The SMILES string of the molecule is CCC1CCN(Cc2noc(CN)n2)CC1.Cl. The molecule has 0 atom stereocenters. The molecule has 2 heterocycles. The predicted octanol–water partition coefficient (Wildman–Crippen LogP) is 1.57. The molecule has 1 aliphatic heterocycles. The minimum Gasteiger partial charge on any atom is -0.338 e. The summed E-state index contributed by atoms with van der Waals surface area (Å²) in [5.74, 6) is 2.19. The summed E-state index contributed by atoms with van der Waals surface area (Å²) < 4.78 is 4.98. The maximum atomic E-state index is 5.42. The summed E-state index contributed by atoms with van der Waals surface area (Å²) in [4.78, 5) is 6.60. The van der Waals surface area contributed by atoms with E-state index >= 15 is 0 Å². The second-order valence-electron chi connectivity index (χ2n) is 4.44. The molecule has 1 aromatic rings. The van der Waals surface area contributed by atoms with Crippen molar-refractivity contribution in [2.45, 2.75) is 39.3 Å². The Morgan fingerprint density at radius 2 is 2.12 bits per heavy atom. The first-order valence-corrected chi connectivity index (χ1v) is 6.05. The highest BCUT2D eigenvalue weighted by atomic mass is 35.5. The maximum absolute atomic E-state index is 5.42. The smallest absolute Gasteiger partial charge is 0.240 e. The summed E-state index contributed by atoms with van der Waals surface area (Å²) in [6.07, 6.45) is 3.88. The number of piperidine rings is 1. The fourth-order valence-electron chi connectivity index (χ4n) is 2.19. The molecule has 0 bridgehead atoms. The summed E-state index contributed by atoms with van der Waals surface area (Å²) in [5, 5.41) is 3.91. The molecule has 1 aromatic heterocycles. The van der Waals surface area contributed by atoms with Crippen LogP contribution in [0.3, 0.4) is 0 Å². The number of hydrogen-bond acceptors (Lipinski definition) is 5. The topological polar surface area (TPSA) is 68.2 Å². The van der Waals surface area contributed by atoms with Gasteiger partial charge in [-0.15, -0.1) is 12.4 Å². The Balaban J connectivity index is 0.00000144. The van der Waals surface area contributed by atoms with Crippen molar-refractivity contribution in [3.05, 3.63) is 11.7 Å². The van der Waals surface area contributed by atoms with Crippen LogP contribution in [0.15, 0.2) is 4.52 Å². The van der Waals surface area contributed by atoms with Crippen molar-refractivity contribution in [3.8, 4) is 0 Å². The van der Waals surface area contributed by atoms with Crippen molar-refractivity contribution in [2.24, 2.45) is 11.7 Å². The van der Waals surface area contributed by atoms with Gasteiger partial charge in [-0.25, -0.2) is 0 Å². The number of hydrogen-bond donors (Lipinski definition) is 1. The van der Waals surface area contributed by atoms with E-state index in [1.165, 1.54) is 19.3 Å². The lowest BCUT2D eigenvalue weighted by Crippen LogP contribution is -2.33. The Labute approximate surface area is 108 Å². The first-order valence-electron chi connectivity index (χ1n) is 6.05. The van der Waals surface area contributed by atoms with E-state index in [9.17, 15) is 0 Å². The fourth-order valence-corrected chi connectivity index (χ4v) is 2.19. The Kier molecular flexibility index (Phi) is 5.88. The fraction of sp³-hybridized carbons (Fsp3) is 0.818. The van der Waals surface area contributed by atoms with E-state index in [0.717, 1.165) is 31.4 Å². The summed E-state index contributed by atoms with van der Waals surface area (Å²) in [7, 11) is 0. The van der Waals surface area contributed by atoms with Crippen LogP contribution in [0.25, 0.3) is 0 Å². The number of rotatable bonds is 4. The number of halogens is 1. The van der Waals surface area contributed by atoms with Crippen molar-refractivity contribution in [1.29, 1.82) is 0 Å². The highest BCUT2D eigenvalue weighted by molar-refractivity contribution is 5.85. The zero-order valence-corrected chi connectivity index (χ0v) is 11.1. The van der Waals surface area contributed by atoms with E-state index in [-0.39, 0.29) is 12.4 Å². The van der Waals surface area contributed by atoms with Gasteiger partial charge in [0.25, 0.3) is 0 Å². The molecule has 0 unspecified atom stereocenters. The van der Waals surface area contributed by atoms with Crippen LogP contribution in [0.1, 0.15) is 37.9 Å². The van der Waals surface area contributed by atoms with Gasteiger partial charge in [0, 0.05) is 0 Å². The monoisotopic (exact) mass is 260 g/mol. The molecule has 98 valence electrons. The van der Waals surface area contributed by atoms with Crippen molar-refractivity contribution in [1.82, 2.24) is 15.0 Å². The molecular formula is C11H21ClN4O. The van der Waals surface area contributed by atoms with Crippen LogP contribution in [0.5, 0.6) is 0 Å². The maximum Gasteiger partial charge on any atom is 0.240 e. The molecule has 1 aliphatic rings. The summed E-state index contributed by atoms with van der Waals surface area (Å²) in [6, 6.07) is 0. The molecule has 2 N–H and O–H groups in total. The van der Waals surface area contributed by atoms with Crippen LogP contribution in [0.2, 0.25) is 0 Å². The van der Waals surface area contributed by atoms with Gasteiger partial charge >= 0.3 is 0 Å². The van der Waals surface area contributed by atoms with Gasteiger partial charge in [-0.1, -0.05) is 18.5 Å². The molecule has 0 aliphatic carbocycles. The molecule has 17 heavy (non-hydrogen) atoms. The summed E-state index contributed by atoms with van der Waals surface area (Å²) in [5.41, 5.74) is 5.42. The third kappa shape index (κ3) is 3.94. The molecule has 1 fully saturated rings. The molecule has 2 rings (SSSR count). The normalized spacial score (nSPS) is 18.0. The molecular weight excluding hydrogens is 240 g/mol. The van der Waals surface area contributed by atoms with Crippen LogP contribution in [-0.4, -0.2) is 28.1 Å². The van der Waals surface area contributed by atoms with Crippen molar-refractivity contribution < 1.29 is 4.52 Å². The van der Waals surface area contributed by atoms with Crippen LogP contribution in [0, 0.1) is 5.92 Å². The van der Waals surface area contributed by atoms with Gasteiger partial charge in [0.05, 0.1) is 13.1 Å². The third-order valence-electron chi connectivity index (χ3n) is 3.33. The lowest BCUT2D eigenvalue weighted by molar-refractivity contribution is 0.170. The van der Waals surface area contributed by atoms with Crippen LogP contribution >= 0.6 is 12.4 Å². The average molecular weight is 261 g/mol. The van der Waals surface area contributed by atoms with E-state index in [0.29, 0.717) is 12.4 Å². The number of nitrogens with two attached hydrogens (primary N) is 1. The Hall–Kier alpha value is -0.650. The van der Waals surface area contributed by atoms with Gasteiger partial charge in [-0.2, -0.15) is 4.98 Å². The molecule has 0 radical (unpaired) electrons. The predicted molar refractivity (Wildman–Crippen MR) is 67.7 cm³/mol. The van der Waals surface area contributed by atoms with Crippen molar-refractivity contribution >= 4 is 12.4 Å². The van der Waals surface area contributed by atoms with Crippen LogP contribution in [0.4, 0.5) is 0 Å². The third-order valence-corrected chi connectivity index (χ3v) is 3.33. The van der Waals surface area contributed by atoms with Gasteiger partial charge in [0.1, 0.15) is 0 Å². The molecule has 5 nitrogen and oxygen atoms in total.